The fourth-order valence-electron chi connectivity index (χ4n) is 1.58. The van der Waals surface area contributed by atoms with E-state index in [1.54, 1.807) is 0 Å². The summed E-state index contributed by atoms with van der Waals surface area (Å²) in [6.07, 6.45) is 3.29. The van der Waals surface area contributed by atoms with Gasteiger partial charge in [-0.2, -0.15) is 0 Å². The number of hydrogen-bond acceptors (Lipinski definition) is 2. The molecule has 0 unspecified atom stereocenters. The van der Waals surface area contributed by atoms with Gasteiger partial charge in [-0.3, -0.25) is 0 Å². The molecule has 0 N–H and O–H groups in total. The summed E-state index contributed by atoms with van der Waals surface area (Å²) in [6.45, 7) is 2.23. The van der Waals surface area contributed by atoms with E-state index < -0.39 is 0 Å². The van der Waals surface area contributed by atoms with E-state index in [0.29, 0.717) is 0 Å². The maximum Gasteiger partial charge on any atom is 0.0356 e. The smallest absolute Gasteiger partial charge is 0.0356 e. The Morgan fingerprint density at radius 3 is 2.93 bits per heavy atom. The van der Waals surface area contributed by atoms with Gasteiger partial charge in [-0.05, 0) is 58.3 Å². The van der Waals surface area contributed by atoms with Crippen LogP contribution in [0.1, 0.15) is 12.5 Å². The molecule has 0 fully saturated rings. The van der Waals surface area contributed by atoms with Crippen molar-refractivity contribution < 1.29 is 0 Å². The molecular weight excluding hydrogens is 323 g/mol. The summed E-state index contributed by atoms with van der Waals surface area (Å²) in [6, 6.07) is 4.56. The van der Waals surface area contributed by atoms with Crippen molar-refractivity contribution in [3.05, 3.63) is 26.6 Å². The highest BCUT2D eigenvalue weighted by molar-refractivity contribution is 14.1. The number of benzene rings is 1. The summed E-state index contributed by atoms with van der Waals surface area (Å²) in [4.78, 5) is 1.46. The topological polar surface area (TPSA) is 0 Å². The normalized spacial score (nSPS) is 11.1. The second-order valence-electron chi connectivity index (χ2n) is 3.07. The van der Waals surface area contributed by atoms with E-state index >= 15 is 0 Å². The molecule has 1 aromatic heterocycles. The first kappa shape index (κ1) is 10.8. The number of hydrogen-bond donors (Lipinski definition) is 0. The molecule has 2 rings (SSSR count). The zero-order valence-corrected chi connectivity index (χ0v) is 11.9. The zero-order chi connectivity index (χ0) is 10.1. The van der Waals surface area contributed by atoms with Crippen LogP contribution in [0.4, 0.5) is 0 Å². The SMILES string of the molecule is CCc1cc2sccc2c(I)c1SC. The quantitative estimate of drug-likeness (QED) is 0.562. The van der Waals surface area contributed by atoms with E-state index in [0.717, 1.165) is 6.42 Å². The first-order chi connectivity index (χ1) is 6.77. The molecule has 0 atom stereocenters. The van der Waals surface area contributed by atoms with Crippen LogP contribution in [-0.2, 0) is 6.42 Å². The number of rotatable bonds is 2. The van der Waals surface area contributed by atoms with Gasteiger partial charge in [0, 0.05) is 18.6 Å². The number of fused-ring (bicyclic) bond motifs is 1. The zero-order valence-electron chi connectivity index (χ0n) is 8.13. The summed E-state index contributed by atoms with van der Waals surface area (Å²) in [5.74, 6) is 0. The minimum absolute atomic E-state index is 1.13. The van der Waals surface area contributed by atoms with Crippen LogP contribution in [-0.4, -0.2) is 6.26 Å². The highest BCUT2D eigenvalue weighted by Gasteiger charge is 2.09. The summed E-state index contributed by atoms with van der Waals surface area (Å²) >= 11 is 6.17. The van der Waals surface area contributed by atoms with Crippen molar-refractivity contribution in [3.63, 3.8) is 0 Å². The van der Waals surface area contributed by atoms with E-state index in [2.05, 4.69) is 53.3 Å². The van der Waals surface area contributed by atoms with Gasteiger partial charge in [-0.25, -0.2) is 0 Å². The molecule has 0 saturated carbocycles. The van der Waals surface area contributed by atoms with Crippen molar-refractivity contribution in [3.8, 4) is 0 Å². The van der Waals surface area contributed by atoms with Crippen molar-refractivity contribution in [2.24, 2.45) is 0 Å². The second kappa shape index (κ2) is 4.41. The van der Waals surface area contributed by atoms with E-state index in [4.69, 9.17) is 0 Å². The Morgan fingerprint density at radius 2 is 2.29 bits per heavy atom. The van der Waals surface area contributed by atoms with Gasteiger partial charge >= 0.3 is 0 Å². The standard InChI is InChI=1S/C11H11IS2/c1-3-7-6-9-8(4-5-14-9)10(12)11(7)13-2/h4-6H,3H2,1-2H3. The van der Waals surface area contributed by atoms with Crippen molar-refractivity contribution in [1.29, 1.82) is 0 Å². The Balaban J connectivity index is 2.79. The van der Waals surface area contributed by atoms with Gasteiger partial charge in [-0.15, -0.1) is 23.1 Å². The fourth-order valence-corrected chi connectivity index (χ4v) is 4.86. The molecule has 0 aliphatic rings. The van der Waals surface area contributed by atoms with E-state index in [9.17, 15) is 0 Å². The summed E-state index contributed by atoms with van der Waals surface area (Å²) < 4.78 is 2.84. The summed E-state index contributed by atoms with van der Waals surface area (Å²) in [5, 5.41) is 3.59. The third-order valence-corrected chi connectivity index (χ3v) is 5.54. The number of halogens is 1. The average Bonchev–Trinajstić information content (AvgIpc) is 2.65. The van der Waals surface area contributed by atoms with Gasteiger partial charge in [0.2, 0.25) is 0 Å². The molecule has 0 saturated heterocycles. The lowest BCUT2D eigenvalue weighted by Crippen LogP contribution is -1.88. The maximum atomic E-state index is 2.47. The van der Waals surface area contributed by atoms with E-state index in [1.807, 2.05) is 23.1 Å². The molecule has 1 heterocycles. The molecular formula is C11H11IS2. The van der Waals surface area contributed by atoms with E-state index in [-0.39, 0.29) is 0 Å². The maximum absolute atomic E-state index is 2.47. The van der Waals surface area contributed by atoms with Crippen LogP contribution in [0.3, 0.4) is 0 Å². The molecule has 1 aromatic carbocycles. The van der Waals surface area contributed by atoms with Crippen LogP contribution in [0.5, 0.6) is 0 Å². The highest BCUT2D eigenvalue weighted by Crippen LogP contribution is 2.35. The van der Waals surface area contributed by atoms with Crippen LogP contribution in [0, 0.1) is 3.57 Å². The first-order valence-corrected chi connectivity index (χ1v) is 7.68. The number of thioether (sulfide) groups is 1. The molecule has 0 radical (unpaired) electrons. The van der Waals surface area contributed by atoms with Crippen molar-refractivity contribution in [2.75, 3.05) is 6.26 Å². The van der Waals surface area contributed by atoms with Gasteiger partial charge in [0.15, 0.2) is 0 Å². The Labute approximate surface area is 106 Å². The average molecular weight is 334 g/mol. The molecule has 14 heavy (non-hydrogen) atoms. The van der Waals surface area contributed by atoms with Crippen molar-refractivity contribution >= 4 is 55.8 Å². The molecule has 74 valence electrons. The van der Waals surface area contributed by atoms with Crippen LogP contribution >= 0.6 is 45.7 Å². The summed E-state index contributed by atoms with van der Waals surface area (Å²) in [7, 11) is 0. The molecule has 2 aromatic rings. The summed E-state index contributed by atoms with van der Waals surface area (Å²) in [5.41, 5.74) is 1.48. The fraction of sp³-hybridized carbons (Fsp3) is 0.273. The Hall–Kier alpha value is 0.260. The highest BCUT2D eigenvalue weighted by atomic mass is 127. The first-order valence-electron chi connectivity index (χ1n) is 4.50. The third-order valence-electron chi connectivity index (χ3n) is 2.31. The van der Waals surface area contributed by atoms with Gasteiger partial charge in [0.1, 0.15) is 0 Å². The van der Waals surface area contributed by atoms with Gasteiger partial charge in [0.05, 0.1) is 0 Å². The molecule has 0 spiro atoms. The lowest BCUT2D eigenvalue weighted by Gasteiger charge is -2.08. The Morgan fingerprint density at radius 1 is 1.50 bits per heavy atom. The number of aryl methyl sites for hydroxylation is 1. The molecule has 0 amide bonds. The molecule has 3 heteroatoms. The Kier molecular flexibility index (Phi) is 3.39. The molecule has 0 bridgehead atoms. The van der Waals surface area contributed by atoms with Gasteiger partial charge < -0.3 is 0 Å². The van der Waals surface area contributed by atoms with Gasteiger partial charge in [-0.1, -0.05) is 6.92 Å². The minimum Gasteiger partial charge on any atom is -0.144 e. The monoisotopic (exact) mass is 334 g/mol. The lowest BCUT2D eigenvalue weighted by molar-refractivity contribution is 1.08. The largest absolute Gasteiger partial charge is 0.144 e. The van der Waals surface area contributed by atoms with E-state index in [1.165, 1.54) is 24.1 Å². The predicted octanol–water partition coefficient (Wildman–Crippen LogP) is 4.79. The minimum atomic E-state index is 1.13. The molecule has 0 aliphatic carbocycles. The van der Waals surface area contributed by atoms with Crippen molar-refractivity contribution in [1.82, 2.24) is 0 Å². The van der Waals surface area contributed by atoms with Crippen LogP contribution in [0.15, 0.2) is 22.4 Å². The predicted molar refractivity (Wildman–Crippen MR) is 75.7 cm³/mol. The van der Waals surface area contributed by atoms with Crippen LogP contribution in [0.25, 0.3) is 10.1 Å². The second-order valence-corrected chi connectivity index (χ2v) is 5.91. The van der Waals surface area contributed by atoms with Crippen LogP contribution in [0.2, 0.25) is 0 Å². The molecule has 0 nitrogen and oxygen atoms in total. The van der Waals surface area contributed by atoms with Crippen molar-refractivity contribution in [2.45, 2.75) is 18.2 Å². The number of thiophene rings is 1. The Bertz CT molecular complexity index is 460. The lowest BCUT2D eigenvalue weighted by atomic mass is 10.1. The van der Waals surface area contributed by atoms with Crippen LogP contribution < -0.4 is 0 Å². The van der Waals surface area contributed by atoms with Gasteiger partial charge in [0.25, 0.3) is 0 Å². The molecule has 0 aliphatic heterocycles. The third kappa shape index (κ3) is 1.70.